The van der Waals surface area contributed by atoms with Crippen LogP contribution in [0.15, 0.2) is 18.2 Å². The molecule has 0 heterocycles. The Labute approximate surface area is 84.0 Å². The van der Waals surface area contributed by atoms with Gasteiger partial charge in [0.25, 0.3) is 0 Å². The minimum Gasteiger partial charge on any atom is -0.197 e. The van der Waals surface area contributed by atoms with E-state index in [0.717, 1.165) is 16.1 Å². The van der Waals surface area contributed by atoms with Crippen LogP contribution < -0.4 is 0 Å². The Morgan fingerprint density at radius 2 is 2.00 bits per heavy atom. The molecule has 1 nitrogen and oxygen atoms in total. The van der Waals surface area contributed by atoms with Crippen molar-refractivity contribution in [2.75, 3.05) is 0 Å². The Bertz CT molecular complexity index is 361. The van der Waals surface area contributed by atoms with Gasteiger partial charge in [0.2, 0.25) is 0 Å². The van der Waals surface area contributed by atoms with Crippen molar-refractivity contribution >= 4 is 11.6 Å². The maximum absolute atomic E-state index is 8.91. The number of aryl methyl sites for hydroxylation is 1. The van der Waals surface area contributed by atoms with E-state index in [1.54, 1.807) is 0 Å². The van der Waals surface area contributed by atoms with Crippen molar-refractivity contribution in [1.29, 1.82) is 5.26 Å². The van der Waals surface area contributed by atoms with Gasteiger partial charge >= 0.3 is 0 Å². The number of halogens is 1. The van der Waals surface area contributed by atoms with E-state index >= 15 is 0 Å². The molecular weight excluding hydrogens is 182 g/mol. The summed E-state index contributed by atoms with van der Waals surface area (Å²) in [7, 11) is 0. The van der Waals surface area contributed by atoms with Crippen LogP contribution in [0.2, 0.25) is 5.02 Å². The quantitative estimate of drug-likeness (QED) is 0.670. The first-order chi connectivity index (χ1) is 5.97. The van der Waals surface area contributed by atoms with E-state index in [9.17, 15) is 0 Å². The molecule has 0 aliphatic heterocycles. The molecule has 0 fully saturated rings. The molecule has 0 bridgehead atoms. The van der Waals surface area contributed by atoms with Crippen LogP contribution in [0, 0.1) is 18.3 Å². The van der Waals surface area contributed by atoms with Crippen molar-refractivity contribution in [3.8, 4) is 6.07 Å². The van der Waals surface area contributed by atoms with E-state index in [-0.39, 0.29) is 0 Å². The van der Waals surface area contributed by atoms with Crippen molar-refractivity contribution in [3.05, 3.63) is 34.3 Å². The van der Waals surface area contributed by atoms with Crippen LogP contribution in [-0.2, 0) is 5.41 Å². The van der Waals surface area contributed by atoms with Crippen molar-refractivity contribution in [1.82, 2.24) is 0 Å². The minimum atomic E-state index is -0.461. The fourth-order valence-electron chi connectivity index (χ4n) is 1.05. The lowest BCUT2D eigenvalue weighted by molar-refractivity contribution is 0.687. The fraction of sp³-hybridized carbons (Fsp3) is 0.364. The SMILES string of the molecule is Cc1ccc(C(C)(C)C#N)cc1Cl. The molecule has 0 saturated heterocycles. The second-order valence-electron chi connectivity index (χ2n) is 3.70. The Morgan fingerprint density at radius 1 is 1.38 bits per heavy atom. The van der Waals surface area contributed by atoms with Gasteiger partial charge in [-0.1, -0.05) is 23.7 Å². The number of hydrogen-bond donors (Lipinski definition) is 0. The van der Waals surface area contributed by atoms with E-state index < -0.39 is 5.41 Å². The summed E-state index contributed by atoms with van der Waals surface area (Å²) in [4.78, 5) is 0. The summed E-state index contributed by atoms with van der Waals surface area (Å²) in [5.41, 5.74) is 1.54. The average molecular weight is 194 g/mol. The highest BCUT2D eigenvalue weighted by atomic mass is 35.5. The first-order valence-corrected chi connectivity index (χ1v) is 4.53. The smallest absolute Gasteiger partial charge is 0.0766 e. The molecule has 1 aromatic rings. The van der Waals surface area contributed by atoms with E-state index in [2.05, 4.69) is 6.07 Å². The van der Waals surface area contributed by atoms with Crippen molar-refractivity contribution < 1.29 is 0 Å². The molecule has 0 radical (unpaired) electrons. The van der Waals surface area contributed by atoms with E-state index in [0.29, 0.717) is 0 Å². The topological polar surface area (TPSA) is 23.8 Å². The Balaban J connectivity index is 3.20. The molecular formula is C11H12ClN. The van der Waals surface area contributed by atoms with Crippen molar-refractivity contribution in [2.24, 2.45) is 0 Å². The van der Waals surface area contributed by atoms with Gasteiger partial charge in [0.15, 0.2) is 0 Å². The summed E-state index contributed by atoms with van der Waals surface area (Å²) in [5, 5.41) is 9.64. The van der Waals surface area contributed by atoms with Crippen LogP contribution in [0.4, 0.5) is 0 Å². The Morgan fingerprint density at radius 3 is 2.46 bits per heavy atom. The van der Waals surface area contributed by atoms with Gasteiger partial charge in [-0.15, -0.1) is 0 Å². The van der Waals surface area contributed by atoms with E-state index in [4.69, 9.17) is 16.9 Å². The maximum Gasteiger partial charge on any atom is 0.0766 e. The number of nitrogens with zero attached hydrogens (tertiary/aromatic N) is 1. The third-order valence-electron chi connectivity index (χ3n) is 2.17. The Kier molecular flexibility index (Phi) is 2.63. The predicted octanol–water partition coefficient (Wildman–Crippen LogP) is 3.45. The van der Waals surface area contributed by atoms with Crippen LogP contribution in [0.3, 0.4) is 0 Å². The van der Waals surface area contributed by atoms with Gasteiger partial charge in [0.1, 0.15) is 0 Å². The molecule has 2 heteroatoms. The van der Waals surface area contributed by atoms with Gasteiger partial charge in [-0.25, -0.2) is 0 Å². The molecule has 0 aliphatic carbocycles. The molecule has 0 N–H and O–H groups in total. The van der Waals surface area contributed by atoms with Crippen LogP contribution in [0.25, 0.3) is 0 Å². The molecule has 0 atom stereocenters. The highest BCUT2D eigenvalue weighted by molar-refractivity contribution is 6.31. The highest BCUT2D eigenvalue weighted by Crippen LogP contribution is 2.26. The summed E-state index contributed by atoms with van der Waals surface area (Å²) >= 11 is 5.97. The van der Waals surface area contributed by atoms with E-state index in [1.807, 2.05) is 39.0 Å². The van der Waals surface area contributed by atoms with Crippen LogP contribution in [0.5, 0.6) is 0 Å². The number of rotatable bonds is 1. The van der Waals surface area contributed by atoms with Gasteiger partial charge in [-0.3, -0.25) is 0 Å². The van der Waals surface area contributed by atoms with Crippen LogP contribution in [0.1, 0.15) is 25.0 Å². The summed E-state index contributed by atoms with van der Waals surface area (Å²) < 4.78 is 0. The molecule has 0 unspecified atom stereocenters. The summed E-state index contributed by atoms with van der Waals surface area (Å²) in [5.74, 6) is 0. The molecule has 0 aliphatic rings. The largest absolute Gasteiger partial charge is 0.197 e. The zero-order chi connectivity index (χ0) is 10.1. The lowest BCUT2D eigenvalue weighted by Crippen LogP contribution is -2.13. The van der Waals surface area contributed by atoms with Gasteiger partial charge in [-0.05, 0) is 38.0 Å². The van der Waals surface area contributed by atoms with Gasteiger partial charge < -0.3 is 0 Å². The highest BCUT2D eigenvalue weighted by Gasteiger charge is 2.19. The van der Waals surface area contributed by atoms with Crippen LogP contribution >= 0.6 is 11.6 Å². The summed E-state index contributed by atoms with van der Waals surface area (Å²) in [6.45, 7) is 5.72. The lowest BCUT2D eigenvalue weighted by atomic mass is 9.86. The number of nitriles is 1. The Hall–Kier alpha value is -1.00. The summed E-state index contributed by atoms with van der Waals surface area (Å²) in [6.07, 6.45) is 0. The number of hydrogen-bond acceptors (Lipinski definition) is 1. The molecule has 13 heavy (non-hydrogen) atoms. The predicted molar refractivity (Wildman–Crippen MR) is 54.8 cm³/mol. The molecule has 0 amide bonds. The monoisotopic (exact) mass is 193 g/mol. The van der Waals surface area contributed by atoms with Gasteiger partial charge in [0, 0.05) is 5.02 Å². The molecule has 68 valence electrons. The lowest BCUT2D eigenvalue weighted by Gasteiger charge is -2.16. The first-order valence-electron chi connectivity index (χ1n) is 4.15. The van der Waals surface area contributed by atoms with Gasteiger partial charge in [0.05, 0.1) is 11.5 Å². The van der Waals surface area contributed by atoms with Gasteiger partial charge in [-0.2, -0.15) is 5.26 Å². The normalized spacial score (nSPS) is 11.0. The molecule has 1 aromatic carbocycles. The molecule has 0 aromatic heterocycles. The second kappa shape index (κ2) is 3.40. The van der Waals surface area contributed by atoms with E-state index in [1.165, 1.54) is 0 Å². The maximum atomic E-state index is 8.91. The standard InChI is InChI=1S/C11H12ClN/c1-8-4-5-9(6-10(8)12)11(2,3)7-13/h4-6H,1-3H3. The van der Waals surface area contributed by atoms with Crippen molar-refractivity contribution in [3.63, 3.8) is 0 Å². The average Bonchev–Trinajstić information content (AvgIpc) is 2.09. The zero-order valence-electron chi connectivity index (χ0n) is 8.06. The first kappa shape index (κ1) is 10.1. The molecule has 0 spiro atoms. The minimum absolute atomic E-state index is 0.461. The van der Waals surface area contributed by atoms with Crippen molar-refractivity contribution in [2.45, 2.75) is 26.2 Å². The molecule has 0 saturated carbocycles. The fourth-order valence-corrected chi connectivity index (χ4v) is 1.23. The van der Waals surface area contributed by atoms with Crippen LogP contribution in [-0.4, -0.2) is 0 Å². The second-order valence-corrected chi connectivity index (χ2v) is 4.11. The third kappa shape index (κ3) is 2.02. The zero-order valence-corrected chi connectivity index (χ0v) is 8.81. The molecule has 1 rings (SSSR count). The third-order valence-corrected chi connectivity index (χ3v) is 2.58. The number of benzene rings is 1. The summed E-state index contributed by atoms with van der Waals surface area (Å²) in [6, 6.07) is 8.00.